The van der Waals surface area contributed by atoms with E-state index >= 15 is 0 Å². The number of benzene rings is 16. The van der Waals surface area contributed by atoms with Crippen LogP contribution in [0.1, 0.15) is 22.3 Å². The Hall–Kier alpha value is -13.3. The van der Waals surface area contributed by atoms with E-state index < -0.39 is 0 Å². The van der Waals surface area contributed by atoms with Crippen LogP contribution in [0.2, 0.25) is 0 Å². The predicted molar refractivity (Wildman–Crippen MR) is 428 cm³/mol. The molecule has 0 amide bonds. The van der Waals surface area contributed by atoms with Crippen molar-refractivity contribution in [1.29, 1.82) is 0 Å². The number of hydrogen-bond acceptors (Lipinski definition) is 0. The van der Waals surface area contributed by atoms with Crippen molar-refractivity contribution in [3.05, 3.63) is 386 Å². The van der Waals surface area contributed by atoms with Gasteiger partial charge in [0.15, 0.2) is 0 Å². The minimum absolute atomic E-state index is 0.948. The molecule has 0 bridgehead atoms. The molecule has 22 rings (SSSR count). The topological polar surface area (TPSA) is 19.7 Å². The molecule has 476 valence electrons. The normalized spacial score (nSPS) is 12.2. The summed E-state index contributed by atoms with van der Waals surface area (Å²) in [5, 5.41) is 10.3. The molecule has 0 fully saturated rings. The number of hydrogen-bond donors (Lipinski definition) is 0. The Morgan fingerprint density at radius 1 is 0.176 bits per heavy atom. The zero-order valence-electron chi connectivity index (χ0n) is 55.8. The summed E-state index contributed by atoms with van der Waals surface area (Å²) in [6.07, 6.45) is 1.92. The van der Waals surface area contributed by atoms with Crippen molar-refractivity contribution in [2.75, 3.05) is 0 Å². The minimum atomic E-state index is 0.948. The van der Waals surface area contributed by atoms with Crippen molar-refractivity contribution >= 4 is 87.2 Å². The average molecular weight is 1300 g/mol. The third kappa shape index (κ3) is 9.09. The fourth-order valence-corrected chi connectivity index (χ4v) is 17.3. The lowest BCUT2D eigenvalue weighted by atomic mass is 9.96. The molecule has 0 aliphatic heterocycles. The monoisotopic (exact) mass is 1300 g/mol. The first-order valence-corrected chi connectivity index (χ1v) is 35.5. The summed E-state index contributed by atoms with van der Waals surface area (Å²) in [6.45, 7) is 0. The maximum atomic E-state index is 2.46. The van der Waals surface area contributed by atoms with Crippen LogP contribution in [-0.2, 0) is 12.8 Å². The Bertz CT molecular complexity index is 6750. The van der Waals surface area contributed by atoms with Crippen LogP contribution in [0.3, 0.4) is 0 Å². The molecule has 102 heavy (non-hydrogen) atoms. The van der Waals surface area contributed by atoms with Crippen LogP contribution < -0.4 is 0 Å². The molecule has 2 aliphatic rings. The van der Waals surface area contributed by atoms with Gasteiger partial charge >= 0.3 is 0 Å². The van der Waals surface area contributed by atoms with Crippen molar-refractivity contribution in [2.45, 2.75) is 12.8 Å². The highest BCUT2D eigenvalue weighted by atomic mass is 15.0. The lowest BCUT2D eigenvalue weighted by Crippen LogP contribution is -1.94. The van der Waals surface area contributed by atoms with E-state index in [1.54, 1.807) is 0 Å². The van der Waals surface area contributed by atoms with Crippen molar-refractivity contribution in [3.63, 3.8) is 0 Å². The van der Waals surface area contributed by atoms with Crippen molar-refractivity contribution < 1.29 is 0 Å². The van der Waals surface area contributed by atoms with E-state index in [1.165, 1.54) is 199 Å². The predicted octanol–water partition coefficient (Wildman–Crippen LogP) is 25.6. The van der Waals surface area contributed by atoms with E-state index in [2.05, 4.69) is 382 Å². The number of fused-ring (bicyclic) bond motifs is 20. The first-order valence-electron chi connectivity index (χ1n) is 35.5. The molecule has 16 aromatic carbocycles. The molecule has 0 unspecified atom stereocenters. The van der Waals surface area contributed by atoms with E-state index in [0.29, 0.717) is 0 Å². The summed E-state index contributed by atoms with van der Waals surface area (Å²) in [4.78, 5) is 0. The number of nitrogens with zero attached hydrogens (tertiary/aromatic N) is 4. The van der Waals surface area contributed by atoms with Crippen LogP contribution in [0.15, 0.2) is 364 Å². The number of aromatic nitrogens is 4. The first kappa shape index (κ1) is 57.8. The van der Waals surface area contributed by atoms with Gasteiger partial charge in [-0.25, -0.2) is 0 Å². The van der Waals surface area contributed by atoms with Gasteiger partial charge in [0.05, 0.1) is 44.1 Å². The van der Waals surface area contributed by atoms with Gasteiger partial charge in [0.2, 0.25) is 0 Å². The Morgan fingerprint density at radius 3 is 1.02 bits per heavy atom. The fraction of sp³-hybridized carbons (Fsp3) is 0.0204. The molecule has 0 saturated carbocycles. The van der Waals surface area contributed by atoms with Crippen LogP contribution in [0.5, 0.6) is 0 Å². The molecular formula is C98H64N4. The van der Waals surface area contributed by atoms with Gasteiger partial charge in [-0.05, 0) is 223 Å². The highest BCUT2D eigenvalue weighted by Gasteiger charge is 2.28. The molecule has 0 spiro atoms. The highest BCUT2D eigenvalue weighted by Crippen LogP contribution is 2.49. The van der Waals surface area contributed by atoms with Crippen molar-refractivity contribution in [1.82, 2.24) is 18.3 Å². The molecule has 0 N–H and O–H groups in total. The molecule has 4 aromatic heterocycles. The van der Waals surface area contributed by atoms with Gasteiger partial charge in [0.25, 0.3) is 0 Å². The molecular weight excluding hydrogens is 1230 g/mol. The van der Waals surface area contributed by atoms with Gasteiger partial charge in [-0.2, -0.15) is 0 Å². The second-order valence-corrected chi connectivity index (χ2v) is 27.4. The molecule has 4 nitrogen and oxygen atoms in total. The molecule has 20 aromatic rings. The summed E-state index contributed by atoms with van der Waals surface area (Å²) in [7, 11) is 0. The third-order valence-electron chi connectivity index (χ3n) is 21.9. The molecule has 2 aliphatic carbocycles. The van der Waals surface area contributed by atoms with E-state index in [9.17, 15) is 0 Å². The first-order chi connectivity index (χ1) is 50.6. The lowest BCUT2D eigenvalue weighted by molar-refractivity contribution is 1.18. The highest BCUT2D eigenvalue weighted by molar-refractivity contribution is 6.20. The number of para-hydroxylation sites is 4. The van der Waals surface area contributed by atoms with Crippen molar-refractivity contribution in [3.8, 4) is 89.5 Å². The van der Waals surface area contributed by atoms with Crippen LogP contribution in [0.4, 0.5) is 0 Å². The molecule has 4 heteroatoms. The van der Waals surface area contributed by atoms with Crippen LogP contribution in [-0.4, -0.2) is 18.3 Å². The average Bonchev–Trinajstić information content (AvgIpc) is 1.57. The Morgan fingerprint density at radius 2 is 0.510 bits per heavy atom. The van der Waals surface area contributed by atoms with E-state index in [4.69, 9.17) is 0 Å². The molecule has 0 saturated heterocycles. The zero-order chi connectivity index (χ0) is 66.9. The smallest absolute Gasteiger partial charge is 0.0547 e. The maximum absolute atomic E-state index is 2.46. The summed E-state index contributed by atoms with van der Waals surface area (Å²) in [6, 6.07) is 134. The number of rotatable bonds is 8. The molecule has 4 heterocycles. The zero-order valence-corrected chi connectivity index (χ0v) is 55.8. The van der Waals surface area contributed by atoms with Gasteiger partial charge < -0.3 is 18.3 Å². The van der Waals surface area contributed by atoms with Crippen LogP contribution in [0, 0.1) is 0 Å². The maximum Gasteiger partial charge on any atom is 0.0547 e. The summed E-state index contributed by atoms with van der Waals surface area (Å²) in [5.74, 6) is 0. The molecule has 0 atom stereocenters. The minimum Gasteiger partial charge on any atom is -0.309 e. The van der Waals surface area contributed by atoms with Gasteiger partial charge in [0, 0.05) is 65.8 Å². The van der Waals surface area contributed by atoms with Crippen LogP contribution >= 0.6 is 0 Å². The molecule has 0 radical (unpaired) electrons. The lowest BCUT2D eigenvalue weighted by Gasteiger charge is -2.10. The van der Waals surface area contributed by atoms with E-state index in [0.717, 1.165) is 12.8 Å². The Balaban J connectivity index is 0.000000133. The summed E-state index contributed by atoms with van der Waals surface area (Å²) < 4.78 is 9.69. The summed E-state index contributed by atoms with van der Waals surface area (Å²) in [5.41, 5.74) is 35.5. The second-order valence-electron chi connectivity index (χ2n) is 27.4. The van der Waals surface area contributed by atoms with E-state index in [1.807, 2.05) is 0 Å². The standard InChI is InChI=1S/2C49H32N2/c1-3-11-32(12-4-1)33-19-24-39(25-20-33)51-46-27-22-35(31-43(46)49-47(51)28-23-37-29-36-13-7-8-16-40(36)48(37)49)34-21-26-45-42(30-34)41-17-9-10-18-44(41)50(45)38-14-5-2-6-15-38;1-3-11-32(12-4-1)33-19-23-38(24-20-33)51-47-27-22-35(30-44(47)49-43-31-36-13-7-8-16-39(36)40(43)25-28-48(49)51)34-21-26-46-42(29-34)41-17-9-10-18-45(41)50(46)37-14-5-2-6-15-37/h1-28,30-31H,29H2;1-30H,31H2. The second kappa shape index (κ2) is 23.2. The largest absolute Gasteiger partial charge is 0.309 e. The van der Waals surface area contributed by atoms with Gasteiger partial charge in [-0.3, -0.25) is 0 Å². The van der Waals surface area contributed by atoms with Gasteiger partial charge in [-0.15, -0.1) is 0 Å². The Kier molecular flexibility index (Phi) is 13.1. The van der Waals surface area contributed by atoms with Crippen molar-refractivity contribution in [2.24, 2.45) is 0 Å². The van der Waals surface area contributed by atoms with Gasteiger partial charge in [-0.1, -0.05) is 243 Å². The SMILES string of the molecule is c1ccc(-c2ccc(-n3c4ccc(-c5ccc6c(c5)c5ccccc5n6-c5ccccc5)cc4c4c5c(ccc43)-c3ccccc3C5)cc2)cc1.c1ccc(-c2ccc(-n3c4ccc(-c5ccc6c(c5)c5ccccc5n6-c5ccccc5)cc4c4c5c(ccc43)Cc3ccccc3-5)cc2)cc1. The van der Waals surface area contributed by atoms with Gasteiger partial charge in [0.1, 0.15) is 0 Å². The fourth-order valence-electron chi connectivity index (χ4n) is 17.3. The summed E-state index contributed by atoms with van der Waals surface area (Å²) >= 11 is 0. The Labute approximate surface area is 590 Å². The van der Waals surface area contributed by atoms with E-state index in [-0.39, 0.29) is 0 Å². The third-order valence-corrected chi connectivity index (χ3v) is 21.9. The quantitative estimate of drug-likeness (QED) is 0.144. The van der Waals surface area contributed by atoms with Crippen LogP contribution in [0.25, 0.3) is 177 Å².